The number of anilines is 2. The third-order valence-electron chi connectivity index (χ3n) is 3.58. The number of pyridine rings is 1. The number of hydrogen-bond donors (Lipinski definition) is 2. The van der Waals surface area contributed by atoms with E-state index < -0.39 is 11.7 Å². The van der Waals surface area contributed by atoms with Crippen LogP contribution >= 0.6 is 27.7 Å². The topological polar surface area (TPSA) is 71.1 Å². The van der Waals surface area contributed by atoms with Gasteiger partial charge in [-0.3, -0.25) is 9.59 Å². The normalized spacial score (nSPS) is 10.4. The molecule has 142 valence electrons. The Kier molecular flexibility index (Phi) is 6.43. The first-order chi connectivity index (χ1) is 13.4. The molecule has 0 atom stereocenters. The van der Waals surface area contributed by atoms with Crippen LogP contribution in [0, 0.1) is 5.82 Å². The van der Waals surface area contributed by atoms with Crippen molar-refractivity contribution in [2.24, 2.45) is 0 Å². The van der Waals surface area contributed by atoms with E-state index in [1.54, 1.807) is 18.3 Å². The molecule has 0 aliphatic rings. The van der Waals surface area contributed by atoms with Crippen LogP contribution in [0.15, 0.2) is 75.2 Å². The monoisotopic (exact) mass is 459 g/mol. The van der Waals surface area contributed by atoms with Crippen molar-refractivity contribution in [3.05, 3.63) is 76.6 Å². The molecule has 2 N–H and O–H groups in total. The SMILES string of the molecule is CC(=O)Nc1cc(NC(=O)c2cccnc2Sc2ccc(Br)cc2)ccc1F. The van der Waals surface area contributed by atoms with Crippen LogP contribution in [-0.2, 0) is 4.79 Å². The van der Waals surface area contributed by atoms with Crippen molar-refractivity contribution in [1.82, 2.24) is 4.98 Å². The molecule has 2 aromatic carbocycles. The molecule has 0 saturated heterocycles. The molecule has 0 aliphatic heterocycles. The first-order valence-electron chi connectivity index (χ1n) is 8.19. The summed E-state index contributed by atoms with van der Waals surface area (Å²) in [6, 6.07) is 15.0. The lowest BCUT2D eigenvalue weighted by molar-refractivity contribution is -0.114. The van der Waals surface area contributed by atoms with Crippen molar-refractivity contribution in [3.8, 4) is 0 Å². The summed E-state index contributed by atoms with van der Waals surface area (Å²) in [5, 5.41) is 5.65. The van der Waals surface area contributed by atoms with Gasteiger partial charge in [-0.1, -0.05) is 27.7 Å². The second-order valence-electron chi connectivity index (χ2n) is 5.74. The average molecular weight is 460 g/mol. The van der Waals surface area contributed by atoms with Gasteiger partial charge < -0.3 is 10.6 Å². The third-order valence-corrected chi connectivity index (χ3v) is 5.13. The number of hydrogen-bond acceptors (Lipinski definition) is 4. The van der Waals surface area contributed by atoms with Crippen LogP contribution in [0.4, 0.5) is 15.8 Å². The molecule has 5 nitrogen and oxygen atoms in total. The highest BCUT2D eigenvalue weighted by Crippen LogP contribution is 2.30. The number of rotatable bonds is 5. The van der Waals surface area contributed by atoms with Crippen LogP contribution in [0.25, 0.3) is 0 Å². The smallest absolute Gasteiger partial charge is 0.258 e. The average Bonchev–Trinajstić information content (AvgIpc) is 2.66. The second kappa shape index (κ2) is 8.99. The zero-order valence-corrected chi connectivity index (χ0v) is 17.1. The third kappa shape index (κ3) is 5.17. The van der Waals surface area contributed by atoms with E-state index in [0.717, 1.165) is 9.37 Å². The first-order valence-corrected chi connectivity index (χ1v) is 9.80. The highest BCUT2D eigenvalue weighted by atomic mass is 79.9. The summed E-state index contributed by atoms with van der Waals surface area (Å²) in [5.74, 6) is -1.36. The van der Waals surface area contributed by atoms with Crippen molar-refractivity contribution in [3.63, 3.8) is 0 Å². The molecule has 3 rings (SSSR count). The van der Waals surface area contributed by atoms with Crippen LogP contribution < -0.4 is 10.6 Å². The molecular formula is C20H15BrFN3O2S. The van der Waals surface area contributed by atoms with Gasteiger partial charge in [0.2, 0.25) is 5.91 Å². The van der Waals surface area contributed by atoms with Crippen molar-refractivity contribution < 1.29 is 14.0 Å². The van der Waals surface area contributed by atoms with Crippen molar-refractivity contribution in [1.29, 1.82) is 0 Å². The van der Waals surface area contributed by atoms with Crippen molar-refractivity contribution >= 4 is 50.9 Å². The van der Waals surface area contributed by atoms with Gasteiger partial charge in [0.25, 0.3) is 5.91 Å². The van der Waals surface area contributed by atoms with Gasteiger partial charge in [-0.25, -0.2) is 9.37 Å². The van der Waals surface area contributed by atoms with Crippen molar-refractivity contribution in [2.45, 2.75) is 16.8 Å². The number of carbonyl (C=O) groups excluding carboxylic acids is 2. The van der Waals surface area contributed by atoms with Crippen molar-refractivity contribution in [2.75, 3.05) is 10.6 Å². The van der Waals surface area contributed by atoms with Crippen LogP contribution in [0.2, 0.25) is 0 Å². The molecule has 0 aliphatic carbocycles. The van der Waals surface area contributed by atoms with E-state index in [4.69, 9.17) is 0 Å². The second-order valence-corrected chi connectivity index (χ2v) is 7.72. The Bertz CT molecular complexity index is 1030. The standard InChI is InChI=1S/C20H15BrFN3O2S/c1-12(26)24-18-11-14(6-9-17(18)22)25-19(27)16-3-2-10-23-20(16)28-15-7-4-13(21)5-8-15/h2-11H,1H3,(H,24,26)(H,25,27). The molecule has 0 unspecified atom stereocenters. The largest absolute Gasteiger partial charge is 0.324 e. The quantitative estimate of drug-likeness (QED) is 0.539. The molecule has 0 fully saturated rings. The summed E-state index contributed by atoms with van der Waals surface area (Å²) in [4.78, 5) is 29.2. The number of nitrogens with zero attached hydrogens (tertiary/aromatic N) is 1. The zero-order chi connectivity index (χ0) is 20.1. The Morgan fingerprint density at radius 3 is 2.54 bits per heavy atom. The molecule has 0 spiro atoms. The van der Waals surface area contributed by atoms with E-state index in [2.05, 4.69) is 31.5 Å². The number of aromatic nitrogens is 1. The molecule has 3 aromatic rings. The van der Waals surface area contributed by atoms with E-state index in [9.17, 15) is 14.0 Å². The number of benzene rings is 2. The Morgan fingerprint density at radius 1 is 1.07 bits per heavy atom. The predicted molar refractivity (Wildman–Crippen MR) is 111 cm³/mol. The van der Waals surface area contributed by atoms with Crippen LogP contribution in [-0.4, -0.2) is 16.8 Å². The number of halogens is 2. The van der Waals surface area contributed by atoms with E-state index in [1.807, 2.05) is 24.3 Å². The zero-order valence-electron chi connectivity index (χ0n) is 14.7. The van der Waals surface area contributed by atoms with E-state index in [-0.39, 0.29) is 11.6 Å². The Hall–Kier alpha value is -2.71. The molecule has 1 heterocycles. The minimum Gasteiger partial charge on any atom is -0.324 e. The number of carbonyl (C=O) groups is 2. The van der Waals surface area contributed by atoms with Gasteiger partial charge in [-0.15, -0.1) is 0 Å². The summed E-state index contributed by atoms with van der Waals surface area (Å²) >= 11 is 4.76. The maximum absolute atomic E-state index is 13.8. The van der Waals surface area contributed by atoms with Gasteiger partial charge in [-0.2, -0.15) is 0 Å². The van der Waals surface area contributed by atoms with Gasteiger partial charge in [0.1, 0.15) is 10.8 Å². The molecule has 8 heteroatoms. The van der Waals surface area contributed by atoms with Crippen LogP contribution in [0.3, 0.4) is 0 Å². The summed E-state index contributed by atoms with van der Waals surface area (Å²) in [6.45, 7) is 1.28. The minimum atomic E-state index is -0.582. The lowest BCUT2D eigenvalue weighted by atomic mass is 10.2. The molecule has 0 saturated carbocycles. The molecular weight excluding hydrogens is 445 g/mol. The fourth-order valence-corrected chi connectivity index (χ4v) is 3.49. The van der Waals surface area contributed by atoms with Gasteiger partial charge >= 0.3 is 0 Å². The van der Waals surface area contributed by atoms with Gasteiger partial charge in [0, 0.05) is 28.2 Å². The molecule has 0 radical (unpaired) electrons. The van der Waals surface area contributed by atoms with E-state index in [0.29, 0.717) is 16.3 Å². The maximum atomic E-state index is 13.8. The van der Waals surface area contributed by atoms with E-state index in [1.165, 1.54) is 36.9 Å². The fraction of sp³-hybridized carbons (Fsp3) is 0.0500. The molecule has 1 aromatic heterocycles. The lowest BCUT2D eigenvalue weighted by Gasteiger charge is -2.11. The Morgan fingerprint density at radius 2 is 1.82 bits per heavy atom. The summed E-state index contributed by atoms with van der Waals surface area (Å²) in [6.07, 6.45) is 1.62. The van der Waals surface area contributed by atoms with Gasteiger partial charge in [0.05, 0.1) is 11.3 Å². The summed E-state index contributed by atoms with van der Waals surface area (Å²) < 4.78 is 14.7. The first kappa shape index (κ1) is 20.0. The minimum absolute atomic E-state index is 0.000877. The molecule has 0 bridgehead atoms. The van der Waals surface area contributed by atoms with Crippen LogP contribution in [0.5, 0.6) is 0 Å². The lowest BCUT2D eigenvalue weighted by Crippen LogP contribution is -2.14. The Balaban J connectivity index is 1.81. The summed E-state index contributed by atoms with van der Waals surface area (Å²) in [5.41, 5.74) is 0.750. The molecule has 2 amide bonds. The highest BCUT2D eigenvalue weighted by molar-refractivity contribution is 9.10. The van der Waals surface area contributed by atoms with Gasteiger partial charge in [0.15, 0.2) is 0 Å². The van der Waals surface area contributed by atoms with E-state index >= 15 is 0 Å². The maximum Gasteiger partial charge on any atom is 0.258 e. The summed E-state index contributed by atoms with van der Waals surface area (Å²) in [7, 11) is 0. The number of amides is 2. The van der Waals surface area contributed by atoms with Crippen LogP contribution in [0.1, 0.15) is 17.3 Å². The predicted octanol–water partition coefficient (Wildman–Crippen LogP) is 5.35. The number of nitrogens with one attached hydrogen (secondary N) is 2. The Labute approximate surface area is 173 Å². The highest BCUT2D eigenvalue weighted by Gasteiger charge is 2.15. The fourth-order valence-electron chi connectivity index (χ4n) is 2.35. The van der Waals surface area contributed by atoms with Gasteiger partial charge in [-0.05, 0) is 54.6 Å². The molecule has 28 heavy (non-hydrogen) atoms.